The van der Waals surface area contributed by atoms with E-state index < -0.39 is 5.41 Å². The lowest BCUT2D eigenvalue weighted by Crippen LogP contribution is -2.43. The molecule has 0 N–H and O–H groups in total. The van der Waals surface area contributed by atoms with Crippen LogP contribution in [0, 0.1) is 16.2 Å². The van der Waals surface area contributed by atoms with Crippen LogP contribution in [0.15, 0.2) is 0 Å². The van der Waals surface area contributed by atoms with Crippen molar-refractivity contribution in [1.82, 2.24) is 0 Å². The Hall–Kier alpha value is -0.530. The lowest BCUT2D eigenvalue weighted by atomic mass is 9.61. The smallest absolute Gasteiger partial charge is 0.312 e. The number of ether oxygens (including phenoxy) is 1. The fraction of sp³-hybridized carbons (Fsp3) is 0.938. The molecule has 0 heterocycles. The van der Waals surface area contributed by atoms with Crippen LogP contribution in [0.5, 0.6) is 0 Å². The molecule has 0 aliphatic rings. The van der Waals surface area contributed by atoms with Gasteiger partial charge in [0.25, 0.3) is 0 Å². The maximum absolute atomic E-state index is 12.3. The molecule has 0 fully saturated rings. The molecule has 2 nitrogen and oxygen atoms in total. The highest BCUT2D eigenvalue weighted by Gasteiger charge is 2.46. The van der Waals surface area contributed by atoms with E-state index in [2.05, 4.69) is 34.6 Å². The van der Waals surface area contributed by atoms with Crippen LogP contribution in [0.2, 0.25) is 0 Å². The molecule has 0 aromatic heterocycles. The van der Waals surface area contributed by atoms with Crippen molar-refractivity contribution < 1.29 is 9.53 Å². The molecule has 0 aromatic rings. The maximum atomic E-state index is 12.3. The standard InChI is InChI=1S/C16H32O2/c1-10-14(4,5)11-15(6,7)16(8,9)13(17)18-12(2)3/h12H,10-11H2,1-9H3. The van der Waals surface area contributed by atoms with E-state index >= 15 is 0 Å². The molecule has 0 aromatic carbocycles. The second-order valence-electron chi connectivity index (χ2n) is 7.66. The van der Waals surface area contributed by atoms with Crippen LogP contribution >= 0.6 is 0 Å². The Kier molecular flexibility index (Phi) is 5.46. The Morgan fingerprint density at radius 2 is 1.50 bits per heavy atom. The summed E-state index contributed by atoms with van der Waals surface area (Å²) in [6.07, 6.45) is 2.08. The van der Waals surface area contributed by atoms with E-state index in [4.69, 9.17) is 4.74 Å². The molecule has 0 saturated heterocycles. The zero-order valence-corrected chi connectivity index (χ0v) is 13.8. The minimum absolute atomic E-state index is 0.0493. The van der Waals surface area contributed by atoms with Crippen LogP contribution in [0.25, 0.3) is 0 Å². The summed E-state index contributed by atoms with van der Waals surface area (Å²) in [5.41, 5.74) is -0.304. The lowest BCUT2D eigenvalue weighted by Gasteiger charge is -2.44. The summed E-state index contributed by atoms with van der Waals surface area (Å²) in [4.78, 5) is 12.3. The molecule has 0 bridgehead atoms. The highest BCUT2D eigenvalue weighted by molar-refractivity contribution is 5.77. The fourth-order valence-electron chi connectivity index (χ4n) is 2.18. The molecular weight excluding hydrogens is 224 g/mol. The van der Waals surface area contributed by atoms with Gasteiger partial charge in [0.15, 0.2) is 0 Å². The first-order valence-corrected chi connectivity index (χ1v) is 7.07. The Morgan fingerprint density at radius 3 is 1.83 bits per heavy atom. The van der Waals surface area contributed by atoms with Gasteiger partial charge in [0.05, 0.1) is 11.5 Å². The van der Waals surface area contributed by atoms with Gasteiger partial charge in [0.2, 0.25) is 0 Å². The van der Waals surface area contributed by atoms with Gasteiger partial charge >= 0.3 is 5.97 Å². The Bertz CT molecular complexity index is 285. The number of carbonyl (C=O) groups excluding carboxylic acids is 1. The summed E-state index contributed by atoms with van der Waals surface area (Å²) in [6, 6.07) is 0. The third-order valence-corrected chi connectivity index (χ3v) is 4.42. The van der Waals surface area contributed by atoms with E-state index in [0.717, 1.165) is 12.8 Å². The predicted octanol–water partition coefficient (Wildman–Crippen LogP) is 4.82. The molecule has 0 rings (SSSR count). The summed E-state index contributed by atoms with van der Waals surface area (Å²) in [7, 11) is 0. The molecule has 108 valence electrons. The lowest BCUT2D eigenvalue weighted by molar-refractivity contribution is -0.166. The highest BCUT2D eigenvalue weighted by Crippen LogP contribution is 2.48. The minimum Gasteiger partial charge on any atom is -0.463 e. The molecule has 0 atom stereocenters. The van der Waals surface area contributed by atoms with E-state index in [1.807, 2.05) is 27.7 Å². The maximum Gasteiger partial charge on any atom is 0.312 e. The van der Waals surface area contributed by atoms with Gasteiger partial charge in [-0.2, -0.15) is 0 Å². The van der Waals surface area contributed by atoms with Crippen molar-refractivity contribution in [2.24, 2.45) is 16.2 Å². The molecule has 0 radical (unpaired) electrons. The molecular formula is C16H32O2. The largest absolute Gasteiger partial charge is 0.463 e. The highest BCUT2D eigenvalue weighted by atomic mass is 16.5. The Balaban J connectivity index is 5.01. The van der Waals surface area contributed by atoms with Gasteiger partial charge in [0, 0.05) is 0 Å². The van der Waals surface area contributed by atoms with E-state index in [1.54, 1.807) is 0 Å². The zero-order chi connectivity index (χ0) is 14.8. The summed E-state index contributed by atoms with van der Waals surface area (Å²) in [5.74, 6) is -0.0885. The Morgan fingerprint density at radius 1 is 1.06 bits per heavy atom. The van der Waals surface area contributed by atoms with Crippen LogP contribution in [-0.2, 0) is 9.53 Å². The number of carbonyl (C=O) groups is 1. The Labute approximate surface area is 113 Å². The van der Waals surface area contributed by atoms with Crippen LogP contribution in [0.3, 0.4) is 0 Å². The van der Waals surface area contributed by atoms with Gasteiger partial charge < -0.3 is 4.74 Å². The van der Waals surface area contributed by atoms with Crippen molar-refractivity contribution in [1.29, 1.82) is 0 Å². The average Bonchev–Trinajstić information content (AvgIpc) is 2.14. The first kappa shape index (κ1) is 17.5. The SMILES string of the molecule is CCC(C)(C)CC(C)(C)C(C)(C)C(=O)OC(C)C. The van der Waals surface area contributed by atoms with E-state index in [0.29, 0.717) is 0 Å². The van der Waals surface area contributed by atoms with Gasteiger partial charge in [-0.1, -0.05) is 41.0 Å². The summed E-state index contributed by atoms with van der Waals surface area (Å²) < 4.78 is 5.41. The van der Waals surface area contributed by atoms with Crippen molar-refractivity contribution in [2.75, 3.05) is 0 Å². The molecule has 0 saturated carbocycles. The third-order valence-electron chi connectivity index (χ3n) is 4.42. The summed E-state index contributed by atoms with van der Waals surface area (Å²) >= 11 is 0. The van der Waals surface area contributed by atoms with Crippen molar-refractivity contribution in [2.45, 2.75) is 81.3 Å². The molecule has 0 aliphatic heterocycles. The second-order valence-corrected chi connectivity index (χ2v) is 7.66. The fourth-order valence-corrected chi connectivity index (χ4v) is 2.18. The second kappa shape index (κ2) is 5.63. The first-order valence-electron chi connectivity index (χ1n) is 7.07. The normalized spacial score (nSPS) is 13.9. The number of esters is 1. The molecule has 0 unspecified atom stereocenters. The molecule has 2 heteroatoms. The molecule has 18 heavy (non-hydrogen) atoms. The van der Waals surface area contributed by atoms with Gasteiger partial charge in [-0.3, -0.25) is 4.79 Å². The van der Waals surface area contributed by atoms with Gasteiger partial charge in [-0.25, -0.2) is 0 Å². The monoisotopic (exact) mass is 256 g/mol. The quantitative estimate of drug-likeness (QED) is 0.637. The topological polar surface area (TPSA) is 26.3 Å². The molecule has 0 spiro atoms. The van der Waals surface area contributed by atoms with E-state index in [9.17, 15) is 4.79 Å². The summed E-state index contributed by atoms with van der Waals surface area (Å²) in [5, 5.41) is 0. The van der Waals surface area contributed by atoms with Gasteiger partial charge in [-0.15, -0.1) is 0 Å². The van der Waals surface area contributed by atoms with Crippen molar-refractivity contribution in [3.63, 3.8) is 0 Å². The van der Waals surface area contributed by atoms with Crippen molar-refractivity contribution in [3.8, 4) is 0 Å². The zero-order valence-electron chi connectivity index (χ0n) is 13.8. The molecule has 0 amide bonds. The van der Waals surface area contributed by atoms with Crippen LogP contribution in [0.4, 0.5) is 0 Å². The van der Waals surface area contributed by atoms with Crippen LogP contribution < -0.4 is 0 Å². The van der Waals surface area contributed by atoms with E-state index in [-0.39, 0.29) is 22.9 Å². The van der Waals surface area contributed by atoms with Crippen LogP contribution in [-0.4, -0.2) is 12.1 Å². The number of hydrogen-bond acceptors (Lipinski definition) is 2. The molecule has 0 aliphatic carbocycles. The summed E-state index contributed by atoms with van der Waals surface area (Å²) in [6.45, 7) is 18.9. The van der Waals surface area contributed by atoms with Crippen molar-refractivity contribution >= 4 is 5.97 Å². The van der Waals surface area contributed by atoms with E-state index in [1.165, 1.54) is 0 Å². The number of hydrogen-bond donors (Lipinski definition) is 0. The van der Waals surface area contributed by atoms with Crippen LogP contribution in [0.1, 0.15) is 75.2 Å². The third kappa shape index (κ3) is 4.29. The van der Waals surface area contributed by atoms with Gasteiger partial charge in [-0.05, 0) is 44.9 Å². The average molecular weight is 256 g/mol. The minimum atomic E-state index is -0.469. The first-order chi connectivity index (χ1) is 7.85. The van der Waals surface area contributed by atoms with Crippen molar-refractivity contribution in [3.05, 3.63) is 0 Å². The predicted molar refractivity (Wildman–Crippen MR) is 77.5 cm³/mol. The number of rotatable bonds is 6. The van der Waals surface area contributed by atoms with Gasteiger partial charge in [0.1, 0.15) is 0 Å².